The average molecular weight is 406 g/mol. The molecule has 1 amide bonds. The van der Waals surface area contributed by atoms with E-state index in [4.69, 9.17) is 4.74 Å². The predicted octanol–water partition coefficient (Wildman–Crippen LogP) is 3.37. The van der Waals surface area contributed by atoms with Crippen LogP contribution in [-0.4, -0.2) is 44.1 Å². The number of aryl methyl sites for hydroxylation is 1. The Hall–Kier alpha value is -3.22. The van der Waals surface area contributed by atoms with Gasteiger partial charge in [-0.15, -0.1) is 5.10 Å². The number of benzene rings is 2. The topological polar surface area (TPSA) is 73.1 Å². The summed E-state index contributed by atoms with van der Waals surface area (Å²) in [5.74, 6) is 2.11. The summed E-state index contributed by atoms with van der Waals surface area (Å²) < 4.78 is 7.45. The number of rotatable bonds is 7. The Bertz CT molecular complexity index is 947. The predicted molar refractivity (Wildman–Crippen MR) is 113 cm³/mol. The fourth-order valence-corrected chi connectivity index (χ4v) is 3.88. The first-order chi connectivity index (χ1) is 14.7. The number of hydrogen-bond donors (Lipinski definition) is 0. The number of likely N-dealkylation sites (tertiary alicyclic amines) is 1. The fraction of sp³-hybridized carbons (Fsp3) is 0.391. The minimum atomic E-state index is 0.0923. The van der Waals surface area contributed by atoms with Gasteiger partial charge in [-0.25, -0.2) is 4.68 Å². The standard InChI is InChI=1S/C23H27N5O2/c1-2-28-22(24-25-26-28)17-30-21-10-8-20(9-11-21)23(29)27-14-12-19(13-15-27)16-18-6-4-3-5-7-18/h3-11,19H,2,12-17H2,1H3. The molecule has 7 heteroatoms. The highest BCUT2D eigenvalue weighted by molar-refractivity contribution is 5.94. The zero-order chi connectivity index (χ0) is 20.8. The molecule has 3 aromatic rings. The number of carbonyl (C=O) groups excluding carboxylic acids is 1. The van der Waals surface area contributed by atoms with Crippen molar-refractivity contribution in [3.8, 4) is 5.75 Å². The van der Waals surface area contributed by atoms with Gasteiger partial charge in [0.15, 0.2) is 5.82 Å². The normalized spacial score (nSPS) is 14.6. The Morgan fingerprint density at radius 2 is 1.80 bits per heavy atom. The molecule has 2 heterocycles. The molecule has 4 rings (SSSR count). The maximum Gasteiger partial charge on any atom is 0.253 e. The number of nitrogens with zero attached hydrogens (tertiary/aromatic N) is 5. The van der Waals surface area contributed by atoms with E-state index in [0.717, 1.165) is 32.4 Å². The summed E-state index contributed by atoms with van der Waals surface area (Å²) >= 11 is 0. The van der Waals surface area contributed by atoms with Gasteiger partial charge in [0, 0.05) is 25.2 Å². The van der Waals surface area contributed by atoms with E-state index in [0.29, 0.717) is 36.2 Å². The first kappa shape index (κ1) is 20.1. The molecule has 0 aliphatic carbocycles. The Kier molecular flexibility index (Phi) is 6.37. The van der Waals surface area contributed by atoms with Gasteiger partial charge < -0.3 is 9.64 Å². The van der Waals surface area contributed by atoms with Crippen LogP contribution in [0.2, 0.25) is 0 Å². The summed E-state index contributed by atoms with van der Waals surface area (Å²) in [6.07, 6.45) is 3.19. The maximum absolute atomic E-state index is 12.9. The third-order valence-corrected chi connectivity index (χ3v) is 5.64. The molecule has 1 aliphatic rings. The zero-order valence-electron chi connectivity index (χ0n) is 17.3. The lowest BCUT2D eigenvalue weighted by molar-refractivity contribution is 0.0690. The van der Waals surface area contributed by atoms with E-state index >= 15 is 0 Å². The molecule has 156 valence electrons. The molecule has 2 aromatic carbocycles. The summed E-state index contributed by atoms with van der Waals surface area (Å²) in [7, 11) is 0. The van der Waals surface area contributed by atoms with E-state index < -0.39 is 0 Å². The lowest BCUT2D eigenvalue weighted by Crippen LogP contribution is -2.38. The highest BCUT2D eigenvalue weighted by atomic mass is 16.5. The second-order valence-electron chi connectivity index (χ2n) is 7.65. The highest BCUT2D eigenvalue weighted by Gasteiger charge is 2.23. The van der Waals surface area contributed by atoms with Gasteiger partial charge in [-0.1, -0.05) is 30.3 Å². The van der Waals surface area contributed by atoms with Crippen molar-refractivity contribution in [2.24, 2.45) is 5.92 Å². The number of hydrogen-bond acceptors (Lipinski definition) is 5. The number of tetrazole rings is 1. The fourth-order valence-electron chi connectivity index (χ4n) is 3.88. The van der Waals surface area contributed by atoms with Gasteiger partial charge in [0.1, 0.15) is 12.4 Å². The lowest BCUT2D eigenvalue weighted by atomic mass is 9.90. The lowest BCUT2D eigenvalue weighted by Gasteiger charge is -2.32. The molecule has 0 atom stereocenters. The summed E-state index contributed by atoms with van der Waals surface area (Å²) in [6, 6.07) is 17.9. The summed E-state index contributed by atoms with van der Waals surface area (Å²) in [5.41, 5.74) is 2.08. The van der Waals surface area contributed by atoms with Crippen LogP contribution in [0.15, 0.2) is 54.6 Å². The number of carbonyl (C=O) groups is 1. The quantitative estimate of drug-likeness (QED) is 0.603. The summed E-state index contributed by atoms with van der Waals surface area (Å²) in [4.78, 5) is 14.8. The summed E-state index contributed by atoms with van der Waals surface area (Å²) in [5, 5.41) is 11.5. The monoisotopic (exact) mass is 405 g/mol. The number of amides is 1. The van der Waals surface area contributed by atoms with Crippen molar-refractivity contribution in [3.05, 3.63) is 71.5 Å². The molecule has 1 saturated heterocycles. The second kappa shape index (κ2) is 9.52. The maximum atomic E-state index is 12.9. The van der Waals surface area contributed by atoms with Crippen LogP contribution in [-0.2, 0) is 19.6 Å². The molecule has 1 aliphatic heterocycles. The largest absolute Gasteiger partial charge is 0.486 e. The number of piperidine rings is 1. The van der Waals surface area contributed by atoms with Crippen molar-refractivity contribution in [2.45, 2.75) is 39.3 Å². The van der Waals surface area contributed by atoms with Gasteiger partial charge in [0.25, 0.3) is 5.91 Å². The van der Waals surface area contributed by atoms with Crippen LogP contribution < -0.4 is 4.74 Å². The Morgan fingerprint density at radius 3 is 2.50 bits per heavy atom. The second-order valence-corrected chi connectivity index (χ2v) is 7.65. The van der Waals surface area contributed by atoms with E-state index in [9.17, 15) is 4.79 Å². The van der Waals surface area contributed by atoms with Gasteiger partial charge >= 0.3 is 0 Å². The van der Waals surface area contributed by atoms with Crippen molar-refractivity contribution >= 4 is 5.91 Å². The van der Waals surface area contributed by atoms with Crippen LogP contribution in [0.25, 0.3) is 0 Å². The van der Waals surface area contributed by atoms with Crippen LogP contribution in [0.1, 0.15) is 41.5 Å². The third kappa shape index (κ3) is 4.84. The molecule has 0 saturated carbocycles. The zero-order valence-corrected chi connectivity index (χ0v) is 17.3. The Morgan fingerprint density at radius 1 is 1.07 bits per heavy atom. The smallest absolute Gasteiger partial charge is 0.253 e. The van der Waals surface area contributed by atoms with Crippen molar-refractivity contribution in [1.29, 1.82) is 0 Å². The van der Waals surface area contributed by atoms with Crippen molar-refractivity contribution in [2.75, 3.05) is 13.1 Å². The first-order valence-corrected chi connectivity index (χ1v) is 10.5. The van der Waals surface area contributed by atoms with E-state index in [1.807, 2.05) is 36.1 Å². The molecule has 0 unspecified atom stereocenters. The van der Waals surface area contributed by atoms with Crippen molar-refractivity contribution in [1.82, 2.24) is 25.1 Å². The van der Waals surface area contributed by atoms with Crippen LogP contribution in [0, 0.1) is 5.92 Å². The van der Waals surface area contributed by atoms with Gasteiger partial charge in [0.05, 0.1) is 0 Å². The van der Waals surface area contributed by atoms with E-state index in [1.165, 1.54) is 5.56 Å². The first-order valence-electron chi connectivity index (χ1n) is 10.5. The van der Waals surface area contributed by atoms with E-state index in [-0.39, 0.29) is 5.91 Å². The Balaban J connectivity index is 1.27. The summed E-state index contributed by atoms with van der Waals surface area (Å²) in [6.45, 7) is 4.59. The third-order valence-electron chi connectivity index (χ3n) is 5.64. The van der Waals surface area contributed by atoms with Gasteiger partial charge in [-0.3, -0.25) is 4.79 Å². The van der Waals surface area contributed by atoms with Crippen molar-refractivity contribution in [3.63, 3.8) is 0 Å². The van der Waals surface area contributed by atoms with Crippen molar-refractivity contribution < 1.29 is 9.53 Å². The molecular weight excluding hydrogens is 378 g/mol. The van der Waals surface area contributed by atoms with Gasteiger partial charge in [0.2, 0.25) is 0 Å². The van der Waals surface area contributed by atoms with Gasteiger partial charge in [-0.05, 0) is 72.4 Å². The molecule has 1 fully saturated rings. The highest BCUT2D eigenvalue weighted by Crippen LogP contribution is 2.23. The Labute approximate surface area is 176 Å². The van der Waals surface area contributed by atoms with Gasteiger partial charge in [-0.2, -0.15) is 0 Å². The number of aromatic nitrogens is 4. The van der Waals surface area contributed by atoms with E-state index in [1.54, 1.807) is 4.68 Å². The molecule has 7 nitrogen and oxygen atoms in total. The molecular formula is C23H27N5O2. The van der Waals surface area contributed by atoms with Crippen LogP contribution in [0.3, 0.4) is 0 Å². The van der Waals surface area contributed by atoms with Crippen LogP contribution in [0.4, 0.5) is 0 Å². The molecule has 0 spiro atoms. The molecule has 0 N–H and O–H groups in total. The SMILES string of the molecule is CCn1nnnc1COc1ccc(C(=O)N2CCC(Cc3ccccc3)CC2)cc1. The molecule has 0 bridgehead atoms. The van der Waals surface area contributed by atoms with E-state index in [2.05, 4.69) is 45.9 Å². The molecule has 1 aromatic heterocycles. The molecule has 0 radical (unpaired) electrons. The number of ether oxygens (including phenoxy) is 1. The average Bonchev–Trinajstić information content (AvgIpc) is 3.26. The minimum absolute atomic E-state index is 0.0923. The molecule has 30 heavy (non-hydrogen) atoms. The van der Waals surface area contributed by atoms with Crippen LogP contribution in [0.5, 0.6) is 5.75 Å². The minimum Gasteiger partial charge on any atom is -0.486 e. The van der Waals surface area contributed by atoms with Crippen LogP contribution >= 0.6 is 0 Å².